The number of benzene rings is 2. The molecule has 172 valence electrons. The summed E-state index contributed by atoms with van der Waals surface area (Å²) in [6.45, 7) is 2.12. The number of nitrogens with one attached hydrogen (secondary N) is 1. The number of amides is 2. The van der Waals surface area contributed by atoms with Gasteiger partial charge in [-0.1, -0.05) is 72.4 Å². The van der Waals surface area contributed by atoms with Crippen molar-refractivity contribution in [3.8, 4) is 0 Å². The first-order valence-corrected chi connectivity index (χ1v) is 13.0. The molecule has 0 spiro atoms. The smallest absolute Gasteiger partial charge is 0.242 e. The van der Waals surface area contributed by atoms with E-state index in [1.165, 1.54) is 5.56 Å². The third-order valence-electron chi connectivity index (χ3n) is 5.78. The number of hydrogen-bond acceptors (Lipinski definition) is 3. The largest absolute Gasteiger partial charge is 0.352 e. The molecule has 2 aromatic carbocycles. The maximum Gasteiger partial charge on any atom is 0.242 e. The van der Waals surface area contributed by atoms with Crippen LogP contribution in [0.4, 0.5) is 0 Å². The summed E-state index contributed by atoms with van der Waals surface area (Å²) in [4.78, 5) is 27.7. The Morgan fingerprint density at radius 2 is 1.78 bits per heavy atom. The van der Waals surface area contributed by atoms with Gasteiger partial charge in [-0.25, -0.2) is 0 Å². The molecule has 4 nitrogen and oxygen atoms in total. The van der Waals surface area contributed by atoms with Crippen LogP contribution in [0.2, 0.25) is 10.0 Å². The molecule has 0 saturated heterocycles. The van der Waals surface area contributed by atoms with Gasteiger partial charge in [0.15, 0.2) is 0 Å². The van der Waals surface area contributed by atoms with Crippen LogP contribution in [0.5, 0.6) is 0 Å². The van der Waals surface area contributed by atoms with E-state index in [1.807, 2.05) is 24.3 Å². The summed E-state index contributed by atoms with van der Waals surface area (Å²) in [6, 6.07) is 15.2. The van der Waals surface area contributed by atoms with Gasteiger partial charge in [-0.2, -0.15) is 11.8 Å². The van der Waals surface area contributed by atoms with Gasteiger partial charge >= 0.3 is 0 Å². The predicted octanol–water partition coefficient (Wildman–Crippen LogP) is 6.09. The summed E-state index contributed by atoms with van der Waals surface area (Å²) in [5.74, 6) is 1.43. The van der Waals surface area contributed by atoms with Crippen LogP contribution in [0.15, 0.2) is 48.5 Å². The molecule has 32 heavy (non-hydrogen) atoms. The average Bonchev–Trinajstić information content (AvgIpc) is 3.30. The highest BCUT2D eigenvalue weighted by Gasteiger charge is 2.28. The van der Waals surface area contributed by atoms with Gasteiger partial charge in [0.05, 0.1) is 10.0 Å². The van der Waals surface area contributed by atoms with Gasteiger partial charge in [-0.3, -0.25) is 9.59 Å². The van der Waals surface area contributed by atoms with E-state index >= 15 is 0 Å². The normalized spacial score (nSPS) is 14.8. The Bertz CT molecular complexity index is 904. The van der Waals surface area contributed by atoms with Crippen LogP contribution < -0.4 is 5.32 Å². The average molecular weight is 494 g/mol. The molecule has 1 fully saturated rings. The first-order chi connectivity index (χ1) is 15.4. The fraction of sp³-hybridized carbons (Fsp3) is 0.440. The maximum atomic E-state index is 13.2. The summed E-state index contributed by atoms with van der Waals surface area (Å²) in [5, 5.41) is 4.04. The number of halogens is 2. The fourth-order valence-electron chi connectivity index (χ4n) is 3.88. The van der Waals surface area contributed by atoms with Crippen LogP contribution in [-0.4, -0.2) is 34.6 Å². The lowest BCUT2D eigenvalue weighted by molar-refractivity contribution is -0.140. The van der Waals surface area contributed by atoms with E-state index in [4.69, 9.17) is 23.2 Å². The van der Waals surface area contributed by atoms with Crippen molar-refractivity contribution in [2.24, 2.45) is 0 Å². The summed E-state index contributed by atoms with van der Waals surface area (Å²) in [5.41, 5.74) is 2.09. The number of nitrogens with zero attached hydrogens (tertiary/aromatic N) is 1. The second-order valence-electron chi connectivity index (χ2n) is 8.22. The summed E-state index contributed by atoms with van der Waals surface area (Å²) in [6.07, 6.45) is 4.68. The highest BCUT2D eigenvalue weighted by atomic mass is 35.5. The van der Waals surface area contributed by atoms with Gasteiger partial charge < -0.3 is 10.2 Å². The third-order valence-corrected chi connectivity index (χ3v) is 7.55. The van der Waals surface area contributed by atoms with Crippen molar-refractivity contribution in [1.29, 1.82) is 0 Å². The molecular weight excluding hydrogens is 463 g/mol. The highest BCUT2D eigenvalue weighted by Crippen LogP contribution is 2.24. The van der Waals surface area contributed by atoms with Crippen LogP contribution in [0.25, 0.3) is 0 Å². The monoisotopic (exact) mass is 492 g/mol. The Balaban J connectivity index is 1.63. The second-order valence-corrected chi connectivity index (χ2v) is 10.1. The van der Waals surface area contributed by atoms with Crippen molar-refractivity contribution in [3.63, 3.8) is 0 Å². The molecule has 1 N–H and O–H groups in total. The molecule has 0 aliphatic heterocycles. The van der Waals surface area contributed by atoms with E-state index in [1.54, 1.807) is 35.7 Å². The van der Waals surface area contributed by atoms with Gasteiger partial charge in [0, 0.05) is 30.5 Å². The third kappa shape index (κ3) is 7.43. The minimum absolute atomic E-state index is 0.0364. The van der Waals surface area contributed by atoms with E-state index in [2.05, 4.69) is 17.4 Å². The molecule has 1 aliphatic rings. The molecular formula is C25H30Cl2N2O2S. The Kier molecular flexibility index (Phi) is 9.76. The zero-order valence-corrected chi connectivity index (χ0v) is 20.7. The van der Waals surface area contributed by atoms with Crippen LogP contribution in [0.3, 0.4) is 0 Å². The number of rotatable bonds is 10. The first-order valence-electron chi connectivity index (χ1n) is 11.1. The minimum Gasteiger partial charge on any atom is -0.352 e. The lowest BCUT2D eigenvalue weighted by Gasteiger charge is -2.30. The first kappa shape index (κ1) is 24.9. The molecule has 0 radical (unpaired) electrons. The lowest BCUT2D eigenvalue weighted by atomic mass is 10.1. The number of carbonyl (C=O) groups excluding carboxylic acids is 2. The number of hydrogen-bond donors (Lipinski definition) is 1. The Labute approximate surface area is 205 Å². The minimum atomic E-state index is -0.559. The van der Waals surface area contributed by atoms with Gasteiger partial charge in [0.1, 0.15) is 6.04 Å². The Morgan fingerprint density at radius 1 is 1.06 bits per heavy atom. The quantitative estimate of drug-likeness (QED) is 0.408. The van der Waals surface area contributed by atoms with E-state index in [0.717, 1.165) is 37.0 Å². The van der Waals surface area contributed by atoms with Gasteiger partial charge in [-0.15, -0.1) is 0 Å². The Hall–Kier alpha value is -1.69. The standard InChI is InChI=1S/C25H30Cl2N2O2S/c1-18(25(31)28-21-9-5-6-10-21)29(16-20-11-12-22(26)23(27)15-20)24(30)13-14-32-17-19-7-3-2-4-8-19/h2-4,7-8,11-12,15,18,21H,5-6,9-10,13-14,16-17H2,1H3,(H,28,31)/t18-/m1/s1. The van der Waals surface area contributed by atoms with Gasteiger partial charge in [-0.05, 0) is 43.0 Å². The number of carbonyl (C=O) groups is 2. The molecule has 0 aromatic heterocycles. The van der Waals surface area contributed by atoms with Crippen molar-refractivity contribution >= 4 is 46.8 Å². The molecule has 1 saturated carbocycles. The molecule has 1 atom stereocenters. The predicted molar refractivity (Wildman–Crippen MR) is 134 cm³/mol. The molecule has 2 aromatic rings. The van der Waals surface area contributed by atoms with E-state index in [0.29, 0.717) is 28.8 Å². The van der Waals surface area contributed by atoms with Gasteiger partial charge in [0.25, 0.3) is 0 Å². The molecule has 0 heterocycles. The highest BCUT2D eigenvalue weighted by molar-refractivity contribution is 7.98. The van der Waals surface area contributed by atoms with Crippen molar-refractivity contribution in [1.82, 2.24) is 10.2 Å². The van der Waals surface area contributed by atoms with E-state index < -0.39 is 6.04 Å². The van der Waals surface area contributed by atoms with E-state index in [9.17, 15) is 9.59 Å². The van der Waals surface area contributed by atoms with Gasteiger partial charge in [0.2, 0.25) is 11.8 Å². The summed E-state index contributed by atoms with van der Waals surface area (Å²) < 4.78 is 0. The zero-order chi connectivity index (χ0) is 22.9. The van der Waals surface area contributed by atoms with Crippen molar-refractivity contribution in [3.05, 3.63) is 69.7 Å². The zero-order valence-electron chi connectivity index (χ0n) is 18.4. The van der Waals surface area contributed by atoms with Crippen LogP contribution >= 0.6 is 35.0 Å². The molecule has 3 rings (SSSR count). The van der Waals surface area contributed by atoms with Crippen LogP contribution in [0, 0.1) is 0 Å². The molecule has 7 heteroatoms. The van der Waals surface area contributed by atoms with E-state index in [-0.39, 0.29) is 17.9 Å². The van der Waals surface area contributed by atoms with Crippen LogP contribution in [0.1, 0.15) is 50.2 Å². The molecule has 2 amide bonds. The van der Waals surface area contributed by atoms with Crippen molar-refractivity contribution in [2.45, 2.75) is 63.4 Å². The molecule has 0 bridgehead atoms. The topological polar surface area (TPSA) is 49.4 Å². The molecule has 0 unspecified atom stereocenters. The number of thioether (sulfide) groups is 1. The lowest BCUT2D eigenvalue weighted by Crippen LogP contribution is -2.49. The Morgan fingerprint density at radius 3 is 2.47 bits per heavy atom. The molecule has 1 aliphatic carbocycles. The second kappa shape index (κ2) is 12.5. The van der Waals surface area contributed by atoms with Crippen molar-refractivity contribution in [2.75, 3.05) is 5.75 Å². The SMILES string of the molecule is C[C@H](C(=O)NC1CCCC1)N(Cc1ccc(Cl)c(Cl)c1)C(=O)CCSCc1ccccc1. The fourth-order valence-corrected chi connectivity index (χ4v) is 5.09. The summed E-state index contributed by atoms with van der Waals surface area (Å²) in [7, 11) is 0. The summed E-state index contributed by atoms with van der Waals surface area (Å²) >= 11 is 13.9. The van der Waals surface area contributed by atoms with Crippen LogP contribution in [-0.2, 0) is 21.9 Å². The van der Waals surface area contributed by atoms with Crippen molar-refractivity contribution < 1.29 is 9.59 Å². The maximum absolute atomic E-state index is 13.2.